The first kappa shape index (κ1) is 27.5. The van der Waals surface area contributed by atoms with E-state index in [1.54, 1.807) is 13.2 Å². The zero-order valence-electron chi connectivity index (χ0n) is 23.6. The number of carbonyl (C=O) groups excluding carboxylic acids is 2. The molecule has 4 aromatic rings. The minimum atomic E-state index is -0.753. The van der Waals surface area contributed by atoms with Crippen molar-refractivity contribution in [2.45, 2.75) is 32.0 Å². The second-order valence-corrected chi connectivity index (χ2v) is 10.7. The van der Waals surface area contributed by atoms with Crippen molar-refractivity contribution in [2.75, 3.05) is 43.5 Å². The molecule has 2 aliphatic rings. The van der Waals surface area contributed by atoms with Crippen LogP contribution in [0.2, 0.25) is 0 Å². The Bertz CT molecular complexity index is 1660. The molecule has 6 rings (SSSR count). The van der Waals surface area contributed by atoms with Crippen molar-refractivity contribution in [1.29, 1.82) is 0 Å². The summed E-state index contributed by atoms with van der Waals surface area (Å²) in [7, 11) is 1.72. The van der Waals surface area contributed by atoms with Gasteiger partial charge in [0.25, 0.3) is 5.56 Å². The van der Waals surface area contributed by atoms with Gasteiger partial charge in [0.05, 0.1) is 30.0 Å². The molecule has 0 spiro atoms. The number of piperazine rings is 1. The molecule has 1 atom stereocenters. The summed E-state index contributed by atoms with van der Waals surface area (Å²) in [6.45, 7) is 5.28. The Morgan fingerprint density at radius 1 is 0.929 bits per heavy atom. The highest BCUT2D eigenvalue weighted by Crippen LogP contribution is 2.28. The number of hydrogen-bond acceptors (Lipinski definition) is 8. The fraction of sp³-hybridized carbons (Fsp3) is 0.312. The Morgan fingerprint density at radius 2 is 1.69 bits per heavy atom. The maximum absolute atomic E-state index is 13.5. The maximum Gasteiger partial charge on any atom is 0.264 e. The number of carbonyl (C=O) groups is 2. The summed E-state index contributed by atoms with van der Waals surface area (Å²) in [5.41, 5.74) is 4.39. The van der Waals surface area contributed by atoms with Crippen LogP contribution in [0.25, 0.3) is 10.9 Å². The number of fused-ring (bicyclic) bond motifs is 1. The van der Waals surface area contributed by atoms with E-state index in [0.717, 1.165) is 49.7 Å². The second kappa shape index (κ2) is 12.0. The lowest BCUT2D eigenvalue weighted by Gasteiger charge is -2.36. The number of hydrogen-bond donors (Lipinski definition) is 2. The van der Waals surface area contributed by atoms with Crippen LogP contribution < -0.4 is 25.8 Å². The normalized spacial score (nSPS) is 17.7. The Hall–Kier alpha value is -4.70. The average molecular weight is 567 g/mol. The molecule has 10 heteroatoms. The Morgan fingerprint density at radius 3 is 2.45 bits per heavy atom. The highest BCUT2D eigenvalue weighted by molar-refractivity contribution is 5.99. The van der Waals surface area contributed by atoms with E-state index in [2.05, 4.69) is 61.8 Å². The number of anilines is 2. The summed E-state index contributed by atoms with van der Waals surface area (Å²) in [5, 5.41) is 6.13. The Balaban J connectivity index is 1.09. The lowest BCUT2D eigenvalue weighted by Crippen LogP contribution is -2.46. The van der Waals surface area contributed by atoms with Crippen LogP contribution in [0.3, 0.4) is 0 Å². The number of piperidine rings is 1. The van der Waals surface area contributed by atoms with Gasteiger partial charge in [-0.25, -0.2) is 4.98 Å². The van der Waals surface area contributed by atoms with Crippen LogP contribution in [-0.4, -0.2) is 59.6 Å². The summed E-state index contributed by atoms with van der Waals surface area (Å²) < 4.78 is 6.87. The molecule has 216 valence electrons. The highest BCUT2D eigenvalue weighted by Gasteiger charge is 2.29. The lowest BCUT2D eigenvalue weighted by molar-refractivity contribution is -0.135. The molecular formula is C32H34N6O4. The number of nitrogens with zero attached hydrogens (tertiary/aromatic N) is 4. The van der Waals surface area contributed by atoms with Gasteiger partial charge in [-0.05, 0) is 41.8 Å². The molecule has 3 aromatic carbocycles. The van der Waals surface area contributed by atoms with Gasteiger partial charge in [0, 0.05) is 51.4 Å². The molecule has 3 heterocycles. The summed E-state index contributed by atoms with van der Waals surface area (Å²) >= 11 is 0. The molecule has 2 saturated heterocycles. The van der Waals surface area contributed by atoms with Gasteiger partial charge in [-0.3, -0.25) is 29.2 Å². The number of ether oxygens (including phenoxy) is 1. The van der Waals surface area contributed by atoms with E-state index in [-0.39, 0.29) is 24.3 Å². The molecule has 0 bridgehead atoms. The van der Waals surface area contributed by atoms with Crippen molar-refractivity contribution in [1.82, 2.24) is 19.8 Å². The number of para-hydroxylation sites is 2. The fourth-order valence-corrected chi connectivity index (χ4v) is 5.75. The van der Waals surface area contributed by atoms with E-state index < -0.39 is 11.9 Å². The van der Waals surface area contributed by atoms with Crippen LogP contribution in [0.1, 0.15) is 30.0 Å². The predicted molar refractivity (Wildman–Crippen MR) is 162 cm³/mol. The van der Waals surface area contributed by atoms with Crippen molar-refractivity contribution in [3.8, 4) is 5.75 Å². The van der Waals surface area contributed by atoms with Crippen molar-refractivity contribution in [2.24, 2.45) is 0 Å². The van der Waals surface area contributed by atoms with Gasteiger partial charge in [0.2, 0.25) is 11.8 Å². The van der Waals surface area contributed by atoms with Crippen LogP contribution in [-0.2, 0) is 22.7 Å². The minimum absolute atomic E-state index is 0.190. The molecule has 2 fully saturated rings. The van der Waals surface area contributed by atoms with Gasteiger partial charge in [-0.2, -0.15) is 0 Å². The maximum atomic E-state index is 13.5. The molecule has 0 aliphatic carbocycles. The zero-order chi connectivity index (χ0) is 29.1. The summed E-state index contributed by atoms with van der Waals surface area (Å²) in [5.74, 6) is 0.117. The van der Waals surface area contributed by atoms with Crippen LogP contribution in [0.4, 0.5) is 11.4 Å². The van der Waals surface area contributed by atoms with Gasteiger partial charge in [-0.15, -0.1) is 0 Å². The minimum Gasteiger partial charge on any atom is -0.495 e. The monoisotopic (exact) mass is 566 g/mol. The van der Waals surface area contributed by atoms with Gasteiger partial charge in [-0.1, -0.05) is 42.5 Å². The molecule has 42 heavy (non-hydrogen) atoms. The smallest absolute Gasteiger partial charge is 0.264 e. The third-order valence-corrected chi connectivity index (χ3v) is 8.07. The van der Waals surface area contributed by atoms with Crippen LogP contribution >= 0.6 is 0 Å². The van der Waals surface area contributed by atoms with Crippen molar-refractivity contribution in [3.63, 3.8) is 0 Å². The third kappa shape index (κ3) is 5.71. The second-order valence-electron chi connectivity index (χ2n) is 10.7. The molecule has 1 unspecified atom stereocenters. The van der Waals surface area contributed by atoms with E-state index >= 15 is 0 Å². The van der Waals surface area contributed by atoms with Crippen molar-refractivity contribution in [3.05, 3.63) is 94.5 Å². The molecule has 2 N–H and O–H groups in total. The fourth-order valence-electron chi connectivity index (χ4n) is 5.75. The van der Waals surface area contributed by atoms with Gasteiger partial charge in [0.1, 0.15) is 11.8 Å². The lowest BCUT2D eigenvalue weighted by atomic mass is 10.1. The summed E-state index contributed by atoms with van der Waals surface area (Å²) in [6.07, 6.45) is 1.86. The van der Waals surface area contributed by atoms with E-state index in [4.69, 9.17) is 4.74 Å². The molecule has 2 aliphatic heterocycles. The van der Waals surface area contributed by atoms with E-state index in [1.165, 1.54) is 16.5 Å². The summed E-state index contributed by atoms with van der Waals surface area (Å²) in [4.78, 5) is 46.7. The number of nitrogens with one attached hydrogen (secondary N) is 2. The van der Waals surface area contributed by atoms with Gasteiger partial charge >= 0.3 is 0 Å². The topological polar surface area (TPSA) is 109 Å². The summed E-state index contributed by atoms with van der Waals surface area (Å²) in [6, 6.07) is 21.4. The van der Waals surface area contributed by atoms with Gasteiger partial charge < -0.3 is 15.0 Å². The average Bonchev–Trinajstić information content (AvgIpc) is 3.02. The number of amides is 2. The van der Waals surface area contributed by atoms with Crippen LogP contribution in [0.5, 0.6) is 5.75 Å². The first-order chi connectivity index (χ1) is 20.5. The zero-order valence-corrected chi connectivity index (χ0v) is 23.6. The van der Waals surface area contributed by atoms with E-state index in [1.807, 2.05) is 24.3 Å². The number of rotatable bonds is 8. The predicted octanol–water partition coefficient (Wildman–Crippen LogP) is 3.32. The van der Waals surface area contributed by atoms with Crippen LogP contribution in [0.15, 0.2) is 77.9 Å². The van der Waals surface area contributed by atoms with Crippen molar-refractivity contribution >= 4 is 34.1 Å². The number of imide groups is 1. The highest BCUT2D eigenvalue weighted by atomic mass is 16.5. The van der Waals surface area contributed by atoms with Gasteiger partial charge in [0.15, 0.2) is 0 Å². The number of methoxy groups -OCH3 is 1. The first-order valence-electron chi connectivity index (χ1n) is 14.3. The molecule has 10 nitrogen and oxygen atoms in total. The molecule has 2 amide bonds. The van der Waals surface area contributed by atoms with Crippen molar-refractivity contribution < 1.29 is 14.3 Å². The third-order valence-electron chi connectivity index (χ3n) is 8.07. The SMILES string of the molecule is COc1ccccc1N1CCN(Cc2ccc(CNc3cccc4ncn(C5CCC(=O)NC5=O)c(=O)c34)cc2)CC1. The molecule has 0 saturated carbocycles. The standard InChI is InChI=1S/C32H34N6O4/c1-42-28-8-3-2-7-26(28)37-17-15-36(16-18-37)20-23-11-9-22(10-12-23)19-33-24-5-4-6-25-30(24)32(41)38(21-34-25)27-13-14-29(39)35-31(27)40/h2-12,21,27,33H,13-20H2,1H3,(H,35,39,40). The largest absolute Gasteiger partial charge is 0.495 e. The Labute approximate surface area is 243 Å². The first-order valence-corrected chi connectivity index (χ1v) is 14.3. The Kier molecular flexibility index (Phi) is 7.87. The molecule has 1 aromatic heterocycles. The number of aromatic nitrogens is 2. The van der Waals surface area contributed by atoms with Crippen LogP contribution in [0, 0.1) is 0 Å². The van der Waals surface area contributed by atoms with E-state index in [9.17, 15) is 14.4 Å². The quantitative estimate of drug-likeness (QED) is 0.313. The number of benzene rings is 3. The van der Waals surface area contributed by atoms with E-state index in [0.29, 0.717) is 23.1 Å². The molecular weight excluding hydrogens is 532 g/mol. The molecule has 0 radical (unpaired) electrons.